The molecule has 0 unspecified atom stereocenters. The Bertz CT molecular complexity index is 865. The monoisotopic (exact) mass is 328 g/mol. The maximum absolute atomic E-state index is 12.6. The van der Waals surface area contributed by atoms with Gasteiger partial charge in [-0.25, -0.2) is 9.36 Å². The summed E-state index contributed by atoms with van der Waals surface area (Å²) in [4.78, 5) is 12.6. The first-order valence-corrected chi connectivity index (χ1v) is 7.53. The summed E-state index contributed by atoms with van der Waals surface area (Å²) in [7, 11) is 0. The number of ketones is 1. The Hall–Kier alpha value is -2.67. The maximum atomic E-state index is 12.6. The number of rotatable bonds is 5. The second kappa shape index (κ2) is 6.21. The lowest BCUT2D eigenvalue weighted by molar-refractivity contribution is 0.0962. The summed E-state index contributed by atoms with van der Waals surface area (Å²) in [6, 6.07) is 12.2. The van der Waals surface area contributed by atoms with Gasteiger partial charge in [0.2, 0.25) is 4.77 Å². The number of hydrogen-bond donors (Lipinski definition) is 1. The molecule has 23 heavy (non-hydrogen) atoms. The maximum Gasteiger partial charge on any atom is 0.217 e. The number of nitrogens with zero attached hydrogens (tertiary/aromatic N) is 3. The molecule has 0 bridgehead atoms. The molecule has 0 saturated carbocycles. The van der Waals surface area contributed by atoms with E-state index in [0.29, 0.717) is 21.9 Å². The van der Waals surface area contributed by atoms with E-state index in [-0.39, 0.29) is 12.2 Å². The van der Waals surface area contributed by atoms with Crippen molar-refractivity contribution in [1.29, 1.82) is 0 Å². The number of hydrogen-bond acceptors (Lipinski definition) is 5. The van der Waals surface area contributed by atoms with Crippen molar-refractivity contribution < 1.29 is 9.21 Å². The Morgan fingerprint density at radius 1 is 1.30 bits per heavy atom. The molecule has 3 rings (SSSR count). The van der Waals surface area contributed by atoms with Crippen molar-refractivity contribution in [3.63, 3.8) is 0 Å². The first kappa shape index (κ1) is 15.2. The van der Waals surface area contributed by atoms with Gasteiger partial charge in [0.15, 0.2) is 5.78 Å². The molecule has 2 heterocycles. The third kappa shape index (κ3) is 2.95. The van der Waals surface area contributed by atoms with Gasteiger partial charge in [0.25, 0.3) is 0 Å². The zero-order valence-electron chi connectivity index (χ0n) is 12.5. The van der Waals surface area contributed by atoms with E-state index >= 15 is 0 Å². The molecule has 7 heteroatoms. The fourth-order valence-corrected chi connectivity index (χ4v) is 2.70. The fourth-order valence-electron chi connectivity index (χ4n) is 2.40. The summed E-state index contributed by atoms with van der Waals surface area (Å²) in [6.07, 6.45) is 1.74. The number of nitrogens with two attached hydrogens (primary N) is 1. The molecule has 6 nitrogen and oxygen atoms in total. The topological polar surface area (TPSA) is 79.0 Å². The standard InChI is InChI=1S/C16H16N4O2S/c1-11-18-20(16(23)19(11)17)13(15-8-5-9-22-15)10-14(21)12-6-3-2-4-7-12/h2-9,13H,10,17H2,1H3/t13-/m1/s1. The highest BCUT2D eigenvalue weighted by molar-refractivity contribution is 7.71. The van der Waals surface area contributed by atoms with Gasteiger partial charge in [-0.05, 0) is 31.3 Å². The van der Waals surface area contributed by atoms with E-state index in [2.05, 4.69) is 5.10 Å². The molecular formula is C16H16N4O2S. The zero-order chi connectivity index (χ0) is 16.4. The molecule has 0 amide bonds. The van der Waals surface area contributed by atoms with Gasteiger partial charge in [-0.15, -0.1) is 0 Å². The lowest BCUT2D eigenvalue weighted by atomic mass is 10.0. The second-order valence-corrected chi connectivity index (χ2v) is 5.53. The molecular weight excluding hydrogens is 312 g/mol. The first-order valence-electron chi connectivity index (χ1n) is 7.13. The molecule has 0 spiro atoms. The van der Waals surface area contributed by atoms with Gasteiger partial charge >= 0.3 is 0 Å². The normalized spacial score (nSPS) is 12.2. The Labute approximate surface area is 138 Å². The van der Waals surface area contributed by atoms with Crippen molar-refractivity contribution in [1.82, 2.24) is 14.5 Å². The average molecular weight is 328 g/mol. The molecule has 2 aromatic heterocycles. The number of benzene rings is 1. The SMILES string of the molecule is Cc1nn([C@H](CC(=O)c2ccccc2)c2ccco2)c(=S)n1N. The number of carbonyl (C=O) groups is 1. The minimum atomic E-state index is -0.436. The van der Waals surface area contributed by atoms with E-state index in [0.717, 1.165) is 0 Å². The molecule has 0 aliphatic carbocycles. The van der Waals surface area contributed by atoms with E-state index in [9.17, 15) is 4.79 Å². The smallest absolute Gasteiger partial charge is 0.217 e. The quantitative estimate of drug-likeness (QED) is 0.442. The summed E-state index contributed by atoms with van der Waals surface area (Å²) < 4.78 is 8.70. The predicted molar refractivity (Wildman–Crippen MR) is 88.2 cm³/mol. The summed E-state index contributed by atoms with van der Waals surface area (Å²) >= 11 is 5.32. The summed E-state index contributed by atoms with van der Waals surface area (Å²) in [5, 5.41) is 4.35. The van der Waals surface area contributed by atoms with Crippen LogP contribution in [0.3, 0.4) is 0 Å². The van der Waals surface area contributed by atoms with E-state index < -0.39 is 6.04 Å². The minimum Gasteiger partial charge on any atom is -0.467 e. The summed E-state index contributed by atoms with van der Waals surface area (Å²) in [5.41, 5.74) is 0.638. The highest BCUT2D eigenvalue weighted by Gasteiger charge is 2.24. The molecule has 1 aromatic carbocycles. The number of aryl methyl sites for hydroxylation is 1. The first-order chi connectivity index (χ1) is 11.1. The van der Waals surface area contributed by atoms with E-state index in [1.54, 1.807) is 42.1 Å². The molecule has 0 saturated heterocycles. The Morgan fingerprint density at radius 3 is 2.61 bits per heavy atom. The molecule has 0 aliphatic rings. The van der Waals surface area contributed by atoms with Crippen molar-refractivity contribution in [2.75, 3.05) is 5.84 Å². The third-order valence-electron chi connectivity index (χ3n) is 3.64. The Kier molecular flexibility index (Phi) is 4.12. The van der Waals surface area contributed by atoms with Crippen molar-refractivity contribution in [2.45, 2.75) is 19.4 Å². The van der Waals surface area contributed by atoms with Crippen LogP contribution in [-0.4, -0.2) is 20.2 Å². The molecule has 0 radical (unpaired) electrons. The molecule has 3 aromatic rings. The van der Waals surface area contributed by atoms with Gasteiger partial charge < -0.3 is 10.3 Å². The number of Topliss-reactive ketones (excluding diaryl/α,β-unsaturated/α-hetero) is 1. The molecule has 2 N–H and O–H groups in total. The van der Waals surface area contributed by atoms with Crippen LogP contribution < -0.4 is 5.84 Å². The van der Waals surface area contributed by atoms with Crippen LogP contribution in [0.1, 0.15) is 34.4 Å². The number of nitrogen functional groups attached to an aromatic ring is 1. The largest absolute Gasteiger partial charge is 0.467 e. The van der Waals surface area contributed by atoms with Crippen molar-refractivity contribution >= 4 is 18.0 Å². The van der Waals surface area contributed by atoms with E-state index in [1.165, 1.54) is 4.68 Å². The molecule has 0 fully saturated rings. The Balaban J connectivity index is 1.99. The van der Waals surface area contributed by atoms with Crippen molar-refractivity contribution in [3.05, 3.63) is 70.6 Å². The van der Waals surface area contributed by atoms with Crippen LogP contribution in [0.2, 0.25) is 0 Å². The average Bonchev–Trinajstić information content (AvgIpc) is 3.18. The summed E-state index contributed by atoms with van der Waals surface area (Å²) in [6.45, 7) is 1.75. The van der Waals surface area contributed by atoms with Crippen molar-refractivity contribution in [2.24, 2.45) is 0 Å². The highest BCUT2D eigenvalue weighted by atomic mass is 32.1. The zero-order valence-corrected chi connectivity index (χ0v) is 13.4. The van der Waals surface area contributed by atoms with Crippen LogP contribution in [0.4, 0.5) is 0 Å². The van der Waals surface area contributed by atoms with Gasteiger partial charge in [-0.3, -0.25) is 4.79 Å². The fraction of sp³-hybridized carbons (Fsp3) is 0.188. The molecule has 1 atom stereocenters. The Morgan fingerprint density at radius 2 is 2.04 bits per heavy atom. The van der Waals surface area contributed by atoms with Crippen LogP contribution in [0.25, 0.3) is 0 Å². The van der Waals surface area contributed by atoms with Gasteiger partial charge in [0, 0.05) is 12.0 Å². The van der Waals surface area contributed by atoms with Crippen LogP contribution in [0, 0.1) is 11.7 Å². The van der Waals surface area contributed by atoms with Gasteiger partial charge in [0.1, 0.15) is 17.6 Å². The van der Waals surface area contributed by atoms with Crippen LogP contribution in [0.5, 0.6) is 0 Å². The van der Waals surface area contributed by atoms with Crippen molar-refractivity contribution in [3.8, 4) is 0 Å². The van der Waals surface area contributed by atoms with Gasteiger partial charge in [-0.1, -0.05) is 30.3 Å². The summed E-state index contributed by atoms with van der Waals surface area (Å²) in [5.74, 6) is 7.02. The predicted octanol–water partition coefficient (Wildman–Crippen LogP) is 2.89. The number of aromatic nitrogens is 3. The van der Waals surface area contributed by atoms with Crippen LogP contribution in [0.15, 0.2) is 53.1 Å². The van der Waals surface area contributed by atoms with Crippen LogP contribution >= 0.6 is 12.2 Å². The van der Waals surface area contributed by atoms with Gasteiger partial charge in [0.05, 0.1) is 6.26 Å². The third-order valence-corrected chi connectivity index (χ3v) is 4.03. The van der Waals surface area contributed by atoms with E-state index in [4.69, 9.17) is 22.5 Å². The van der Waals surface area contributed by atoms with E-state index in [1.807, 2.05) is 18.2 Å². The minimum absolute atomic E-state index is 0.0156. The highest BCUT2D eigenvalue weighted by Crippen LogP contribution is 2.24. The van der Waals surface area contributed by atoms with Gasteiger partial charge in [-0.2, -0.15) is 5.10 Å². The van der Waals surface area contributed by atoms with Crippen LogP contribution in [-0.2, 0) is 0 Å². The molecule has 118 valence electrons. The number of carbonyl (C=O) groups excluding carboxylic acids is 1. The number of furan rings is 1. The molecule has 0 aliphatic heterocycles. The lowest BCUT2D eigenvalue weighted by Gasteiger charge is -2.14. The lowest BCUT2D eigenvalue weighted by Crippen LogP contribution is -2.18. The second-order valence-electron chi connectivity index (χ2n) is 5.17.